The van der Waals surface area contributed by atoms with Crippen molar-refractivity contribution in [3.8, 4) is 12.3 Å². The summed E-state index contributed by atoms with van der Waals surface area (Å²) in [6.45, 7) is 1.84. The van der Waals surface area contributed by atoms with Crippen molar-refractivity contribution in [2.45, 2.75) is 19.4 Å². The van der Waals surface area contributed by atoms with Gasteiger partial charge < -0.3 is 9.67 Å². The van der Waals surface area contributed by atoms with E-state index in [9.17, 15) is 9.59 Å². The molecule has 0 fully saturated rings. The molecule has 1 aromatic rings. The largest absolute Gasteiger partial charge is 0.478 e. The van der Waals surface area contributed by atoms with Gasteiger partial charge in [-0.2, -0.15) is 0 Å². The third-order valence-corrected chi connectivity index (χ3v) is 2.10. The molecule has 0 saturated heterocycles. The van der Waals surface area contributed by atoms with Crippen LogP contribution in [0.3, 0.4) is 0 Å². The molecule has 0 aliphatic carbocycles. The molecule has 0 saturated carbocycles. The Hall–Kier alpha value is -2.02. The zero-order valence-electron chi connectivity index (χ0n) is 8.30. The molecule has 1 unspecified atom stereocenters. The van der Waals surface area contributed by atoms with Crippen LogP contribution in [0.15, 0.2) is 23.1 Å². The molecular weight excluding hydrogens is 194 g/mol. The van der Waals surface area contributed by atoms with Gasteiger partial charge in [0.15, 0.2) is 0 Å². The summed E-state index contributed by atoms with van der Waals surface area (Å²) in [6, 6.07) is 2.09. The van der Waals surface area contributed by atoms with Crippen molar-refractivity contribution in [3.05, 3.63) is 34.2 Å². The number of carboxylic acids is 1. The number of terminal acetylenes is 1. The molecule has 0 radical (unpaired) electrons. The van der Waals surface area contributed by atoms with Crippen LogP contribution < -0.4 is 5.56 Å². The van der Waals surface area contributed by atoms with Gasteiger partial charge in [-0.25, -0.2) is 4.79 Å². The molecule has 4 heteroatoms. The molecule has 1 heterocycles. The van der Waals surface area contributed by atoms with E-state index in [-0.39, 0.29) is 11.1 Å². The van der Waals surface area contributed by atoms with Gasteiger partial charge in [-0.15, -0.1) is 6.42 Å². The first-order valence-corrected chi connectivity index (χ1v) is 4.51. The SMILES string of the molecule is C#CC(CC)n1cc(C(=O)O)ccc1=O. The molecular formula is C11H11NO3. The number of rotatable bonds is 3. The Kier molecular flexibility index (Phi) is 3.29. The van der Waals surface area contributed by atoms with Gasteiger partial charge in [0.25, 0.3) is 5.56 Å². The Labute approximate surface area is 87.2 Å². The summed E-state index contributed by atoms with van der Waals surface area (Å²) < 4.78 is 1.27. The molecule has 15 heavy (non-hydrogen) atoms. The summed E-state index contributed by atoms with van der Waals surface area (Å²) in [4.78, 5) is 22.1. The smallest absolute Gasteiger partial charge is 0.337 e. The maximum Gasteiger partial charge on any atom is 0.337 e. The maximum absolute atomic E-state index is 11.4. The molecule has 0 aromatic carbocycles. The average molecular weight is 205 g/mol. The van der Waals surface area contributed by atoms with Crippen molar-refractivity contribution >= 4 is 5.97 Å². The summed E-state index contributed by atoms with van der Waals surface area (Å²) in [5.74, 6) is 1.37. The van der Waals surface area contributed by atoms with Crippen LogP contribution >= 0.6 is 0 Å². The van der Waals surface area contributed by atoms with E-state index >= 15 is 0 Å². The van der Waals surface area contributed by atoms with Gasteiger partial charge >= 0.3 is 5.97 Å². The first-order valence-electron chi connectivity index (χ1n) is 4.51. The van der Waals surface area contributed by atoms with Crippen LogP contribution in [0, 0.1) is 12.3 Å². The van der Waals surface area contributed by atoms with Gasteiger partial charge in [-0.05, 0) is 12.5 Å². The van der Waals surface area contributed by atoms with E-state index < -0.39 is 12.0 Å². The fourth-order valence-electron chi connectivity index (χ4n) is 1.27. The van der Waals surface area contributed by atoms with E-state index in [2.05, 4.69) is 5.92 Å². The number of nitrogens with zero attached hydrogens (tertiary/aromatic N) is 1. The number of carboxylic acid groups (broad SMARTS) is 1. The molecule has 4 nitrogen and oxygen atoms in total. The predicted molar refractivity (Wildman–Crippen MR) is 55.8 cm³/mol. The topological polar surface area (TPSA) is 59.3 Å². The minimum absolute atomic E-state index is 0.0586. The minimum Gasteiger partial charge on any atom is -0.478 e. The molecule has 0 amide bonds. The third kappa shape index (κ3) is 2.26. The van der Waals surface area contributed by atoms with Crippen LogP contribution in [0.1, 0.15) is 29.7 Å². The molecule has 0 aliphatic heterocycles. The Morgan fingerprint density at radius 2 is 2.33 bits per heavy atom. The summed E-state index contributed by atoms with van der Waals surface area (Å²) in [6.07, 6.45) is 7.11. The Bertz CT molecular complexity index is 467. The van der Waals surface area contributed by atoms with Gasteiger partial charge in [0.05, 0.1) is 11.6 Å². The van der Waals surface area contributed by atoms with Crippen LogP contribution in [0.2, 0.25) is 0 Å². The molecule has 0 aliphatic rings. The number of aromatic carboxylic acids is 1. The fourth-order valence-corrected chi connectivity index (χ4v) is 1.27. The highest BCUT2D eigenvalue weighted by Gasteiger charge is 2.10. The van der Waals surface area contributed by atoms with Crippen LogP contribution in [0.25, 0.3) is 0 Å². The van der Waals surface area contributed by atoms with E-state index in [1.807, 2.05) is 6.92 Å². The lowest BCUT2D eigenvalue weighted by Gasteiger charge is -2.11. The zero-order chi connectivity index (χ0) is 11.4. The maximum atomic E-state index is 11.4. The second-order valence-corrected chi connectivity index (χ2v) is 3.06. The minimum atomic E-state index is -1.07. The second kappa shape index (κ2) is 4.47. The normalized spacial score (nSPS) is 11.7. The Morgan fingerprint density at radius 1 is 1.67 bits per heavy atom. The fraction of sp³-hybridized carbons (Fsp3) is 0.273. The van der Waals surface area contributed by atoms with E-state index in [1.165, 1.54) is 22.9 Å². The van der Waals surface area contributed by atoms with Crippen molar-refractivity contribution < 1.29 is 9.90 Å². The average Bonchev–Trinajstić information content (AvgIpc) is 2.22. The van der Waals surface area contributed by atoms with Crippen LogP contribution in [-0.4, -0.2) is 15.6 Å². The zero-order valence-corrected chi connectivity index (χ0v) is 8.30. The summed E-state index contributed by atoms with van der Waals surface area (Å²) in [7, 11) is 0. The lowest BCUT2D eigenvalue weighted by molar-refractivity contribution is 0.0695. The van der Waals surface area contributed by atoms with Gasteiger partial charge in [0, 0.05) is 12.3 Å². The molecule has 1 rings (SSSR count). The highest BCUT2D eigenvalue weighted by atomic mass is 16.4. The molecule has 1 atom stereocenters. The number of hydrogen-bond acceptors (Lipinski definition) is 2. The third-order valence-electron chi connectivity index (χ3n) is 2.10. The van der Waals surface area contributed by atoms with E-state index in [1.54, 1.807) is 0 Å². The number of aromatic nitrogens is 1. The monoisotopic (exact) mass is 205 g/mol. The van der Waals surface area contributed by atoms with Gasteiger partial charge in [0.2, 0.25) is 0 Å². The lowest BCUT2D eigenvalue weighted by atomic mass is 10.2. The molecule has 1 N–H and O–H groups in total. The lowest BCUT2D eigenvalue weighted by Crippen LogP contribution is -2.23. The van der Waals surface area contributed by atoms with Gasteiger partial charge in [-0.1, -0.05) is 12.8 Å². The van der Waals surface area contributed by atoms with Gasteiger partial charge in [-0.3, -0.25) is 4.79 Å². The standard InChI is InChI=1S/C11H11NO3/c1-3-9(4-2)12-7-8(11(14)15)5-6-10(12)13/h1,5-7,9H,4H2,2H3,(H,14,15). The second-order valence-electron chi connectivity index (χ2n) is 3.06. The van der Waals surface area contributed by atoms with Crippen LogP contribution in [0.5, 0.6) is 0 Å². The Balaban J connectivity index is 3.29. The summed E-state index contributed by atoms with van der Waals surface area (Å²) in [5.41, 5.74) is -0.229. The predicted octanol–water partition coefficient (Wildman–Crippen LogP) is 1.13. The summed E-state index contributed by atoms with van der Waals surface area (Å²) in [5, 5.41) is 8.76. The first kappa shape index (κ1) is 11.1. The molecule has 78 valence electrons. The van der Waals surface area contributed by atoms with Crippen molar-refractivity contribution in [2.24, 2.45) is 0 Å². The number of hydrogen-bond donors (Lipinski definition) is 1. The van der Waals surface area contributed by atoms with Crippen molar-refractivity contribution in [3.63, 3.8) is 0 Å². The number of carbonyl (C=O) groups is 1. The van der Waals surface area contributed by atoms with Crippen molar-refractivity contribution in [1.82, 2.24) is 4.57 Å². The van der Waals surface area contributed by atoms with E-state index in [0.29, 0.717) is 6.42 Å². The highest BCUT2D eigenvalue weighted by Crippen LogP contribution is 2.07. The van der Waals surface area contributed by atoms with Crippen LogP contribution in [-0.2, 0) is 0 Å². The molecule has 0 bridgehead atoms. The number of pyridine rings is 1. The van der Waals surface area contributed by atoms with Gasteiger partial charge in [0.1, 0.15) is 0 Å². The van der Waals surface area contributed by atoms with Crippen molar-refractivity contribution in [2.75, 3.05) is 0 Å². The Morgan fingerprint density at radius 3 is 2.80 bits per heavy atom. The quantitative estimate of drug-likeness (QED) is 0.752. The van der Waals surface area contributed by atoms with Crippen LogP contribution in [0.4, 0.5) is 0 Å². The van der Waals surface area contributed by atoms with E-state index in [4.69, 9.17) is 11.5 Å². The molecule has 1 aromatic heterocycles. The van der Waals surface area contributed by atoms with Crippen molar-refractivity contribution in [1.29, 1.82) is 0 Å². The first-order chi connectivity index (χ1) is 7.10. The molecule has 0 spiro atoms. The summed E-state index contributed by atoms with van der Waals surface area (Å²) >= 11 is 0. The van der Waals surface area contributed by atoms with E-state index in [0.717, 1.165) is 0 Å². The highest BCUT2D eigenvalue weighted by molar-refractivity contribution is 5.87.